The van der Waals surface area contributed by atoms with E-state index < -0.39 is 53.4 Å². The maximum Gasteiger partial charge on any atom is 0.347 e. The summed E-state index contributed by atoms with van der Waals surface area (Å²) in [5.74, 6) is -3.06. The molecule has 0 spiro atoms. The minimum Gasteiger partial charge on any atom is -0.495 e. The molecule has 58 heavy (non-hydrogen) atoms. The second-order valence-corrected chi connectivity index (χ2v) is 16.9. The van der Waals surface area contributed by atoms with Gasteiger partial charge >= 0.3 is 17.9 Å². The average Bonchev–Trinajstić information content (AvgIpc) is 3.97. The Labute approximate surface area is 345 Å². The molecule has 3 N–H and O–H groups in total. The molecule has 3 heterocycles. The van der Waals surface area contributed by atoms with Gasteiger partial charge in [0.15, 0.2) is 6.10 Å². The standard InChI is InChI=1S/C43H57ClN4O10/c1-26(2)20-35-41(53)56-33(27(3)38-39(58-38)30-13-10-28(11-14-30)23-47-16-18-48(19-17-47)24-37(50)51)8-7-9-36(49)46-32(22-29-12-15-34(55-6)31(44)21-29)40(52)45-25-43(4,5)42(54)57-35/h7,9-15,21,26-27,32-33,35,38-39H,8,16-20,22-25H2,1-6H3,(H,45,52)(H,46,49)(H,50,51)/b9-7+/t27-,32+,33-,35-,38+,39+/m0/s1. The van der Waals surface area contributed by atoms with Gasteiger partial charge < -0.3 is 34.7 Å². The van der Waals surface area contributed by atoms with E-state index in [0.29, 0.717) is 29.4 Å². The molecule has 0 aromatic heterocycles. The highest BCUT2D eigenvalue weighted by Gasteiger charge is 2.48. The molecule has 3 aliphatic rings. The fraction of sp³-hybridized carbons (Fsp3) is 0.558. The zero-order valence-electron chi connectivity index (χ0n) is 34.2. The molecule has 14 nitrogen and oxygen atoms in total. The van der Waals surface area contributed by atoms with E-state index in [9.17, 15) is 24.0 Å². The molecular formula is C43H57ClN4O10. The maximum atomic E-state index is 13.8. The van der Waals surface area contributed by atoms with E-state index in [4.69, 9.17) is 35.7 Å². The van der Waals surface area contributed by atoms with Crippen LogP contribution in [-0.4, -0.2) is 115 Å². The van der Waals surface area contributed by atoms with Gasteiger partial charge in [-0.1, -0.05) is 68.8 Å². The number of rotatable bonds is 12. The van der Waals surface area contributed by atoms with Crippen LogP contribution in [0.15, 0.2) is 54.6 Å². The number of methoxy groups -OCH3 is 1. The van der Waals surface area contributed by atoms with Crippen LogP contribution in [-0.2, 0) is 51.1 Å². The highest BCUT2D eigenvalue weighted by atomic mass is 35.5. The predicted octanol–water partition coefficient (Wildman–Crippen LogP) is 4.33. The Kier molecular flexibility index (Phi) is 15.4. The molecule has 2 fully saturated rings. The number of esters is 2. The molecule has 0 bridgehead atoms. The van der Waals surface area contributed by atoms with Gasteiger partial charge in [0.05, 0.1) is 30.2 Å². The van der Waals surface area contributed by atoms with Crippen LogP contribution in [0.3, 0.4) is 0 Å². The maximum absolute atomic E-state index is 13.8. The molecule has 3 aliphatic heterocycles. The quantitative estimate of drug-likeness (QED) is 0.205. The van der Waals surface area contributed by atoms with E-state index in [1.807, 2.05) is 37.8 Å². The lowest BCUT2D eigenvalue weighted by molar-refractivity contribution is -0.179. The summed E-state index contributed by atoms with van der Waals surface area (Å²) in [6.45, 7) is 12.7. The average molecular weight is 825 g/mol. The van der Waals surface area contributed by atoms with Crippen molar-refractivity contribution < 1.29 is 48.0 Å². The monoisotopic (exact) mass is 824 g/mol. The van der Waals surface area contributed by atoms with Crippen LogP contribution in [0.1, 0.15) is 70.3 Å². The third-order valence-corrected chi connectivity index (χ3v) is 11.1. The molecule has 0 saturated carbocycles. The van der Waals surface area contributed by atoms with Crippen LogP contribution >= 0.6 is 11.6 Å². The number of hydrogen-bond donors (Lipinski definition) is 3. The number of carbonyl (C=O) groups excluding carboxylic acids is 4. The number of amides is 2. The first-order valence-corrected chi connectivity index (χ1v) is 20.3. The van der Waals surface area contributed by atoms with Gasteiger partial charge in [0.25, 0.3) is 0 Å². The van der Waals surface area contributed by atoms with Crippen LogP contribution in [0, 0.1) is 17.3 Å². The first-order chi connectivity index (χ1) is 27.5. The molecular weight excluding hydrogens is 768 g/mol. The van der Waals surface area contributed by atoms with Gasteiger partial charge in [0.1, 0.15) is 24.0 Å². The van der Waals surface area contributed by atoms with Gasteiger partial charge in [-0.2, -0.15) is 0 Å². The lowest BCUT2D eigenvalue weighted by Gasteiger charge is -2.33. The minimum absolute atomic E-state index is 0.00824. The number of ether oxygens (including phenoxy) is 4. The number of hydrogen-bond acceptors (Lipinski definition) is 11. The molecule has 0 radical (unpaired) electrons. The lowest BCUT2D eigenvalue weighted by atomic mass is 9.92. The molecule has 2 amide bonds. The highest BCUT2D eigenvalue weighted by Crippen LogP contribution is 2.45. The van der Waals surface area contributed by atoms with Crippen molar-refractivity contribution in [3.05, 3.63) is 76.3 Å². The van der Waals surface area contributed by atoms with Gasteiger partial charge in [-0.15, -0.1) is 0 Å². The van der Waals surface area contributed by atoms with Gasteiger partial charge in [-0.25, -0.2) is 4.79 Å². The molecule has 316 valence electrons. The Morgan fingerprint density at radius 2 is 1.66 bits per heavy atom. The Balaban J connectivity index is 1.31. The summed E-state index contributed by atoms with van der Waals surface area (Å²) in [6, 6.07) is 12.3. The highest BCUT2D eigenvalue weighted by molar-refractivity contribution is 6.32. The van der Waals surface area contributed by atoms with Crippen LogP contribution < -0.4 is 15.4 Å². The van der Waals surface area contributed by atoms with Gasteiger partial charge in [0, 0.05) is 58.0 Å². The first-order valence-electron chi connectivity index (χ1n) is 19.9. The SMILES string of the molecule is COc1ccc(C[C@H]2NC(=O)/C=C/C[C@@H]([C@H](C)[C@H]3O[C@@H]3c3ccc(CN4CCN(CC(=O)O)CC4)cc3)OC(=O)[C@H](CC(C)C)OC(=O)C(C)(C)CNC2=O)cc1Cl. The number of carbonyl (C=O) groups is 5. The van der Waals surface area contributed by atoms with Crippen molar-refractivity contribution in [2.45, 2.75) is 90.9 Å². The minimum atomic E-state index is -1.23. The fourth-order valence-corrected chi connectivity index (χ4v) is 7.47. The topological polar surface area (TPSA) is 176 Å². The third-order valence-electron chi connectivity index (χ3n) is 10.8. The number of aliphatic carboxylic acids is 1. The summed E-state index contributed by atoms with van der Waals surface area (Å²) >= 11 is 6.35. The number of carboxylic acid groups (broad SMARTS) is 1. The lowest BCUT2D eigenvalue weighted by Crippen LogP contribution is -2.51. The first kappa shape index (κ1) is 44.6. The van der Waals surface area contributed by atoms with Crippen molar-refractivity contribution in [1.29, 1.82) is 0 Å². The molecule has 6 atom stereocenters. The smallest absolute Gasteiger partial charge is 0.347 e. The van der Waals surface area contributed by atoms with Crippen LogP contribution in [0.2, 0.25) is 5.02 Å². The number of benzene rings is 2. The van der Waals surface area contributed by atoms with Crippen molar-refractivity contribution in [2.24, 2.45) is 17.3 Å². The predicted molar refractivity (Wildman–Crippen MR) is 216 cm³/mol. The van der Waals surface area contributed by atoms with Crippen molar-refractivity contribution in [3.63, 3.8) is 0 Å². The zero-order chi connectivity index (χ0) is 42.1. The summed E-state index contributed by atoms with van der Waals surface area (Å²) in [7, 11) is 1.50. The van der Waals surface area contributed by atoms with Gasteiger partial charge in [-0.05, 0) is 61.1 Å². The molecule has 0 aliphatic carbocycles. The summed E-state index contributed by atoms with van der Waals surface area (Å²) in [5, 5.41) is 15.0. The van der Waals surface area contributed by atoms with Crippen LogP contribution in [0.5, 0.6) is 5.75 Å². The second kappa shape index (κ2) is 20.0. The largest absolute Gasteiger partial charge is 0.495 e. The molecule has 2 aromatic rings. The number of nitrogens with zero attached hydrogens (tertiary/aromatic N) is 2. The normalized spacial score (nSPS) is 26.2. The van der Waals surface area contributed by atoms with E-state index in [-0.39, 0.29) is 56.4 Å². The molecule has 2 aromatic carbocycles. The van der Waals surface area contributed by atoms with Gasteiger partial charge in [-0.3, -0.25) is 29.0 Å². The molecule has 5 rings (SSSR count). The molecule has 15 heteroatoms. The Hall–Kier alpha value is -4.50. The summed E-state index contributed by atoms with van der Waals surface area (Å²) in [4.78, 5) is 69.6. The van der Waals surface area contributed by atoms with Crippen molar-refractivity contribution >= 4 is 41.3 Å². The van der Waals surface area contributed by atoms with Crippen LogP contribution in [0.4, 0.5) is 0 Å². The summed E-state index contributed by atoms with van der Waals surface area (Å²) in [5.41, 5.74) is 1.57. The van der Waals surface area contributed by atoms with E-state index in [1.165, 1.54) is 13.2 Å². The van der Waals surface area contributed by atoms with E-state index in [1.54, 1.807) is 38.1 Å². The second-order valence-electron chi connectivity index (χ2n) is 16.5. The Morgan fingerprint density at radius 1 is 0.983 bits per heavy atom. The summed E-state index contributed by atoms with van der Waals surface area (Å²) < 4.78 is 23.4. The fourth-order valence-electron chi connectivity index (χ4n) is 7.19. The number of cyclic esters (lactones) is 2. The summed E-state index contributed by atoms with van der Waals surface area (Å²) in [6.07, 6.45) is 0.992. The molecule has 0 unspecified atom stereocenters. The number of piperazine rings is 1. The Bertz CT molecular complexity index is 1810. The van der Waals surface area contributed by atoms with E-state index >= 15 is 0 Å². The zero-order valence-corrected chi connectivity index (χ0v) is 35.0. The Morgan fingerprint density at radius 3 is 2.29 bits per heavy atom. The number of carboxylic acids is 1. The number of nitrogens with one attached hydrogen (secondary N) is 2. The van der Waals surface area contributed by atoms with Crippen molar-refractivity contribution in [1.82, 2.24) is 20.4 Å². The number of epoxide rings is 1. The van der Waals surface area contributed by atoms with E-state index in [2.05, 4.69) is 27.7 Å². The van der Waals surface area contributed by atoms with E-state index in [0.717, 1.165) is 30.8 Å². The van der Waals surface area contributed by atoms with Gasteiger partial charge in [0.2, 0.25) is 11.8 Å². The van der Waals surface area contributed by atoms with Crippen LogP contribution in [0.25, 0.3) is 0 Å². The number of halogens is 1. The van der Waals surface area contributed by atoms with Crippen molar-refractivity contribution in [3.8, 4) is 5.75 Å². The van der Waals surface area contributed by atoms with Crippen molar-refractivity contribution in [2.75, 3.05) is 46.4 Å². The molecule has 2 saturated heterocycles. The third kappa shape index (κ3) is 12.5.